The van der Waals surface area contributed by atoms with Gasteiger partial charge in [-0.15, -0.1) is 0 Å². The summed E-state index contributed by atoms with van der Waals surface area (Å²) in [5.41, 5.74) is 6.37. The molecule has 0 radical (unpaired) electrons. The lowest BCUT2D eigenvalue weighted by Crippen LogP contribution is -2.51. The maximum absolute atomic E-state index is 12.6. The molecule has 0 bridgehead atoms. The van der Waals surface area contributed by atoms with Gasteiger partial charge >= 0.3 is 0 Å². The molecular formula is C28H33N5O2. The minimum absolute atomic E-state index is 0.000833. The topological polar surface area (TPSA) is 70.5 Å². The first-order valence-corrected chi connectivity index (χ1v) is 12.0. The standard InChI is InChI=1S/C28H33N5O2/c1-21-9-11-24(12-10-21)20-33-23(3)26(22(2)30-33)13-14-27(34)29-19-28(35)32-17-15-31(16-18-32)25-7-5-4-6-8-25/h4-14H,15-20H2,1-3H3,(H,29,34)/b14-13+. The van der Waals surface area contributed by atoms with Crippen LogP contribution in [-0.4, -0.2) is 59.2 Å². The number of nitrogens with zero attached hydrogens (tertiary/aromatic N) is 4. The third-order valence-electron chi connectivity index (χ3n) is 6.46. The van der Waals surface area contributed by atoms with Crippen molar-refractivity contribution in [3.05, 3.63) is 88.8 Å². The van der Waals surface area contributed by atoms with Gasteiger partial charge in [0, 0.05) is 49.2 Å². The molecule has 4 rings (SSSR count). The quantitative estimate of drug-likeness (QED) is 0.537. The highest BCUT2D eigenvalue weighted by molar-refractivity contribution is 5.94. The normalized spacial score (nSPS) is 13.9. The molecule has 0 spiro atoms. The van der Waals surface area contributed by atoms with Gasteiger partial charge in [-0.25, -0.2) is 0 Å². The number of nitrogens with one attached hydrogen (secondary N) is 1. The van der Waals surface area contributed by atoms with Gasteiger partial charge in [0.1, 0.15) is 0 Å². The van der Waals surface area contributed by atoms with Gasteiger partial charge in [-0.2, -0.15) is 5.10 Å². The molecule has 2 amide bonds. The van der Waals surface area contributed by atoms with Crippen LogP contribution in [0.3, 0.4) is 0 Å². The average molecular weight is 472 g/mol. The van der Waals surface area contributed by atoms with E-state index in [1.807, 2.05) is 41.6 Å². The third-order valence-corrected chi connectivity index (χ3v) is 6.46. The van der Waals surface area contributed by atoms with E-state index in [-0.39, 0.29) is 18.4 Å². The van der Waals surface area contributed by atoms with E-state index >= 15 is 0 Å². The Balaban J connectivity index is 1.27. The van der Waals surface area contributed by atoms with Crippen molar-refractivity contribution in [2.24, 2.45) is 0 Å². The first-order valence-electron chi connectivity index (χ1n) is 12.0. The Hall–Kier alpha value is -3.87. The number of hydrogen-bond donors (Lipinski definition) is 1. The van der Waals surface area contributed by atoms with Gasteiger partial charge in [-0.3, -0.25) is 14.3 Å². The van der Waals surface area contributed by atoms with Crippen LogP contribution in [0.4, 0.5) is 5.69 Å². The Morgan fingerprint density at radius 1 is 0.943 bits per heavy atom. The summed E-state index contributed by atoms with van der Waals surface area (Å²) in [6.07, 6.45) is 3.26. The fraction of sp³-hybridized carbons (Fsp3) is 0.321. The molecule has 1 saturated heterocycles. The summed E-state index contributed by atoms with van der Waals surface area (Å²) < 4.78 is 1.95. The summed E-state index contributed by atoms with van der Waals surface area (Å²) in [5, 5.41) is 7.36. The highest BCUT2D eigenvalue weighted by Crippen LogP contribution is 2.17. The SMILES string of the molecule is Cc1ccc(Cn2nc(C)c(/C=C/C(=O)NCC(=O)N3CCN(c4ccccc4)CC3)c2C)cc1. The van der Waals surface area contributed by atoms with Gasteiger partial charge in [-0.05, 0) is 44.5 Å². The molecule has 2 heterocycles. The number of para-hydroxylation sites is 1. The van der Waals surface area contributed by atoms with E-state index in [0.717, 1.165) is 30.0 Å². The second-order valence-corrected chi connectivity index (χ2v) is 8.98. The molecule has 0 atom stereocenters. The van der Waals surface area contributed by atoms with Gasteiger partial charge in [-0.1, -0.05) is 48.0 Å². The summed E-state index contributed by atoms with van der Waals surface area (Å²) in [6.45, 7) is 9.57. The average Bonchev–Trinajstić information content (AvgIpc) is 3.15. The molecule has 1 aliphatic heterocycles. The Kier molecular flexibility index (Phi) is 7.65. The van der Waals surface area contributed by atoms with E-state index in [4.69, 9.17) is 0 Å². The van der Waals surface area contributed by atoms with Crippen molar-refractivity contribution >= 4 is 23.6 Å². The van der Waals surface area contributed by atoms with Gasteiger partial charge in [0.05, 0.1) is 18.8 Å². The number of amides is 2. The highest BCUT2D eigenvalue weighted by Gasteiger charge is 2.21. The van der Waals surface area contributed by atoms with Crippen LogP contribution in [0.1, 0.15) is 28.1 Å². The van der Waals surface area contributed by atoms with Crippen molar-refractivity contribution in [2.45, 2.75) is 27.3 Å². The van der Waals surface area contributed by atoms with Crippen molar-refractivity contribution in [3.8, 4) is 0 Å². The predicted octanol–water partition coefficient (Wildman–Crippen LogP) is 3.33. The minimum atomic E-state index is -0.286. The van der Waals surface area contributed by atoms with Crippen molar-refractivity contribution in [1.29, 1.82) is 0 Å². The number of aryl methyl sites for hydroxylation is 2. The second kappa shape index (κ2) is 11.0. The van der Waals surface area contributed by atoms with Crippen LogP contribution in [0.15, 0.2) is 60.7 Å². The minimum Gasteiger partial charge on any atom is -0.368 e. The Bertz CT molecular complexity index is 1190. The maximum Gasteiger partial charge on any atom is 0.244 e. The molecule has 35 heavy (non-hydrogen) atoms. The molecule has 0 unspecified atom stereocenters. The number of hydrogen-bond acceptors (Lipinski definition) is 4. The van der Waals surface area contributed by atoms with Crippen molar-refractivity contribution in [1.82, 2.24) is 20.0 Å². The first-order chi connectivity index (χ1) is 16.9. The van der Waals surface area contributed by atoms with Crippen LogP contribution < -0.4 is 10.2 Å². The van der Waals surface area contributed by atoms with Gasteiger partial charge in [0.15, 0.2) is 0 Å². The number of aromatic nitrogens is 2. The van der Waals surface area contributed by atoms with E-state index in [1.165, 1.54) is 22.9 Å². The molecule has 1 N–H and O–H groups in total. The molecule has 2 aromatic carbocycles. The van der Waals surface area contributed by atoms with Crippen molar-refractivity contribution < 1.29 is 9.59 Å². The van der Waals surface area contributed by atoms with E-state index in [0.29, 0.717) is 19.6 Å². The monoisotopic (exact) mass is 471 g/mol. The lowest BCUT2D eigenvalue weighted by Gasteiger charge is -2.36. The van der Waals surface area contributed by atoms with Gasteiger partial charge in [0.25, 0.3) is 0 Å². The molecule has 7 nitrogen and oxygen atoms in total. The molecular weight excluding hydrogens is 438 g/mol. The molecule has 1 aromatic heterocycles. The van der Waals surface area contributed by atoms with Crippen LogP contribution >= 0.6 is 0 Å². The zero-order valence-corrected chi connectivity index (χ0v) is 20.7. The summed E-state index contributed by atoms with van der Waals surface area (Å²) in [5.74, 6) is -0.343. The van der Waals surface area contributed by atoms with Crippen LogP contribution in [-0.2, 0) is 16.1 Å². The van der Waals surface area contributed by atoms with Gasteiger partial charge < -0.3 is 15.1 Å². The maximum atomic E-state index is 12.6. The fourth-order valence-corrected chi connectivity index (χ4v) is 4.32. The summed E-state index contributed by atoms with van der Waals surface area (Å²) >= 11 is 0. The number of anilines is 1. The lowest BCUT2D eigenvalue weighted by atomic mass is 10.1. The Morgan fingerprint density at radius 2 is 1.63 bits per heavy atom. The summed E-state index contributed by atoms with van der Waals surface area (Å²) in [4.78, 5) is 29.1. The van der Waals surface area contributed by atoms with Crippen molar-refractivity contribution in [2.75, 3.05) is 37.6 Å². The molecule has 0 saturated carbocycles. The first kappa shape index (κ1) is 24.3. The van der Waals surface area contributed by atoms with Gasteiger partial charge in [0.2, 0.25) is 11.8 Å². The summed E-state index contributed by atoms with van der Waals surface area (Å²) in [7, 11) is 0. The Labute approximate surface area is 207 Å². The summed E-state index contributed by atoms with van der Waals surface area (Å²) in [6, 6.07) is 18.6. The van der Waals surface area contributed by atoms with E-state index in [1.54, 1.807) is 6.08 Å². The molecule has 1 fully saturated rings. The van der Waals surface area contributed by atoms with Crippen molar-refractivity contribution in [3.63, 3.8) is 0 Å². The molecule has 3 aromatic rings. The zero-order chi connectivity index (χ0) is 24.8. The number of carbonyl (C=O) groups excluding carboxylic acids is 2. The molecule has 1 aliphatic rings. The third kappa shape index (κ3) is 6.18. The van der Waals surface area contributed by atoms with Crippen LogP contribution in [0.2, 0.25) is 0 Å². The van der Waals surface area contributed by atoms with Crippen LogP contribution in [0, 0.1) is 20.8 Å². The van der Waals surface area contributed by atoms with E-state index < -0.39 is 0 Å². The largest absolute Gasteiger partial charge is 0.368 e. The lowest BCUT2D eigenvalue weighted by molar-refractivity contribution is -0.132. The zero-order valence-electron chi connectivity index (χ0n) is 20.7. The number of benzene rings is 2. The predicted molar refractivity (Wildman–Crippen MR) is 139 cm³/mol. The number of piperazine rings is 1. The highest BCUT2D eigenvalue weighted by atomic mass is 16.2. The van der Waals surface area contributed by atoms with Crippen LogP contribution in [0.25, 0.3) is 6.08 Å². The Morgan fingerprint density at radius 3 is 2.31 bits per heavy atom. The van der Waals surface area contributed by atoms with E-state index in [9.17, 15) is 9.59 Å². The molecule has 7 heteroatoms. The smallest absolute Gasteiger partial charge is 0.244 e. The van der Waals surface area contributed by atoms with E-state index in [2.05, 4.69) is 58.6 Å². The molecule has 0 aliphatic carbocycles. The second-order valence-electron chi connectivity index (χ2n) is 8.98. The molecule has 182 valence electrons. The number of carbonyl (C=O) groups is 2. The number of rotatable bonds is 7. The fourth-order valence-electron chi connectivity index (χ4n) is 4.32. The van der Waals surface area contributed by atoms with Crippen LogP contribution in [0.5, 0.6) is 0 Å².